The highest BCUT2D eigenvalue weighted by atomic mass is 79.9. The minimum atomic E-state index is 0.600. The molecule has 0 radical (unpaired) electrons. The lowest BCUT2D eigenvalue weighted by Crippen LogP contribution is -2.21. The molecule has 1 aromatic rings. The van der Waals surface area contributed by atoms with Crippen molar-refractivity contribution in [3.05, 3.63) is 12.2 Å². The van der Waals surface area contributed by atoms with E-state index in [1.165, 1.54) is 6.42 Å². The summed E-state index contributed by atoms with van der Waals surface area (Å²) in [7, 11) is 0. The zero-order valence-corrected chi connectivity index (χ0v) is 12.6. The average molecular weight is 303 g/mol. The molecule has 98 valence electrons. The molecule has 0 aliphatic carbocycles. The van der Waals surface area contributed by atoms with E-state index in [1.807, 2.05) is 4.68 Å². The summed E-state index contributed by atoms with van der Waals surface area (Å²) in [6.07, 6.45) is 3.96. The molecule has 1 rings (SSSR count). The third kappa shape index (κ3) is 5.64. The number of halogens is 1. The van der Waals surface area contributed by atoms with Crippen LogP contribution in [0.4, 0.5) is 0 Å². The maximum atomic E-state index is 4.28. The highest BCUT2D eigenvalue weighted by molar-refractivity contribution is 9.09. The van der Waals surface area contributed by atoms with Crippen LogP contribution in [-0.2, 0) is 13.1 Å². The molecule has 0 saturated carbocycles. The van der Waals surface area contributed by atoms with E-state index in [0.29, 0.717) is 10.7 Å². The van der Waals surface area contributed by atoms with Crippen LogP contribution >= 0.6 is 15.9 Å². The number of rotatable bonds is 8. The topological polar surface area (TPSA) is 42.7 Å². The Morgan fingerprint density at radius 1 is 1.47 bits per heavy atom. The number of hydrogen-bond donors (Lipinski definition) is 1. The quantitative estimate of drug-likeness (QED) is 0.593. The van der Waals surface area contributed by atoms with E-state index in [-0.39, 0.29) is 0 Å². The van der Waals surface area contributed by atoms with E-state index < -0.39 is 0 Å². The number of hydrogen-bond acceptors (Lipinski definition) is 3. The molecule has 0 spiro atoms. The van der Waals surface area contributed by atoms with Crippen molar-refractivity contribution < 1.29 is 0 Å². The molecule has 17 heavy (non-hydrogen) atoms. The Morgan fingerprint density at radius 2 is 2.24 bits per heavy atom. The molecule has 0 aliphatic heterocycles. The van der Waals surface area contributed by atoms with Gasteiger partial charge in [0.25, 0.3) is 0 Å². The van der Waals surface area contributed by atoms with Gasteiger partial charge in [0, 0.05) is 11.4 Å². The van der Waals surface area contributed by atoms with Crippen molar-refractivity contribution in [1.82, 2.24) is 20.1 Å². The highest BCUT2D eigenvalue weighted by Crippen LogP contribution is 2.08. The third-order valence-corrected chi connectivity index (χ3v) is 3.70. The predicted molar refractivity (Wildman–Crippen MR) is 74.2 cm³/mol. The van der Waals surface area contributed by atoms with Crippen molar-refractivity contribution in [1.29, 1.82) is 0 Å². The van der Waals surface area contributed by atoms with Gasteiger partial charge in [0.1, 0.15) is 12.2 Å². The maximum Gasteiger partial charge on any atom is 0.140 e. The Morgan fingerprint density at radius 3 is 2.88 bits per heavy atom. The Kier molecular flexibility index (Phi) is 6.73. The molecular formula is C12H23BrN4. The molecule has 0 aromatic carbocycles. The van der Waals surface area contributed by atoms with Crippen LogP contribution in [0.3, 0.4) is 0 Å². The van der Waals surface area contributed by atoms with Gasteiger partial charge >= 0.3 is 0 Å². The van der Waals surface area contributed by atoms with Crippen LogP contribution in [-0.4, -0.2) is 26.1 Å². The van der Waals surface area contributed by atoms with Crippen LogP contribution in [0.1, 0.15) is 39.4 Å². The molecule has 0 fully saturated rings. The van der Waals surface area contributed by atoms with Crippen LogP contribution in [0.15, 0.2) is 6.33 Å². The fourth-order valence-corrected chi connectivity index (χ4v) is 1.82. The van der Waals surface area contributed by atoms with E-state index in [2.05, 4.69) is 52.1 Å². The summed E-state index contributed by atoms with van der Waals surface area (Å²) in [4.78, 5) is 4.90. The molecule has 1 atom stereocenters. The number of nitrogens with zero attached hydrogens (tertiary/aromatic N) is 3. The Balaban J connectivity index is 2.29. The van der Waals surface area contributed by atoms with Gasteiger partial charge in [-0.15, -0.1) is 0 Å². The van der Waals surface area contributed by atoms with Crippen LogP contribution < -0.4 is 5.32 Å². The van der Waals surface area contributed by atoms with Crippen molar-refractivity contribution in [2.75, 3.05) is 6.54 Å². The van der Waals surface area contributed by atoms with Gasteiger partial charge in [0.05, 0.1) is 6.54 Å². The van der Waals surface area contributed by atoms with Crippen LogP contribution in [0, 0.1) is 5.92 Å². The average Bonchev–Trinajstić information content (AvgIpc) is 2.70. The van der Waals surface area contributed by atoms with Crippen LogP contribution in [0.25, 0.3) is 0 Å². The Bertz CT molecular complexity index is 311. The van der Waals surface area contributed by atoms with Gasteiger partial charge in [-0.1, -0.05) is 36.7 Å². The molecule has 1 unspecified atom stereocenters. The van der Waals surface area contributed by atoms with Gasteiger partial charge < -0.3 is 5.32 Å². The van der Waals surface area contributed by atoms with Crippen molar-refractivity contribution in [3.8, 4) is 0 Å². The highest BCUT2D eigenvalue weighted by Gasteiger charge is 2.06. The number of alkyl halides is 1. The minimum absolute atomic E-state index is 0.600. The van der Waals surface area contributed by atoms with Crippen LogP contribution in [0.2, 0.25) is 0 Å². The minimum Gasteiger partial charge on any atom is -0.310 e. The molecule has 0 aliphatic rings. The summed E-state index contributed by atoms with van der Waals surface area (Å²) in [5, 5.41) is 7.66. The second kappa shape index (κ2) is 7.82. The zero-order chi connectivity index (χ0) is 12.7. The largest absolute Gasteiger partial charge is 0.310 e. The smallest absolute Gasteiger partial charge is 0.140 e. The maximum absolute atomic E-state index is 4.28. The van der Waals surface area contributed by atoms with E-state index in [4.69, 9.17) is 0 Å². The first-order valence-corrected chi connectivity index (χ1v) is 7.26. The van der Waals surface area contributed by atoms with Crippen molar-refractivity contribution in [2.45, 2.75) is 51.5 Å². The fraction of sp³-hybridized carbons (Fsp3) is 0.833. The van der Waals surface area contributed by atoms with Crippen molar-refractivity contribution in [2.24, 2.45) is 5.92 Å². The Hall–Kier alpha value is -0.420. The molecule has 0 saturated heterocycles. The Labute approximate surface area is 112 Å². The lowest BCUT2D eigenvalue weighted by atomic mass is 10.2. The molecule has 0 amide bonds. The first-order valence-electron chi connectivity index (χ1n) is 6.35. The SMILES string of the molecule is CCC(Br)CCNCc1ncnn1CC(C)C. The van der Waals surface area contributed by atoms with Gasteiger partial charge in [-0.2, -0.15) is 5.10 Å². The molecule has 1 N–H and O–H groups in total. The monoisotopic (exact) mass is 302 g/mol. The van der Waals surface area contributed by atoms with Gasteiger partial charge in [0.2, 0.25) is 0 Å². The predicted octanol–water partition coefficient (Wildman–Crippen LogP) is 2.59. The van der Waals surface area contributed by atoms with Gasteiger partial charge in [-0.3, -0.25) is 0 Å². The lowest BCUT2D eigenvalue weighted by Gasteiger charge is -2.10. The second-order valence-corrected chi connectivity index (χ2v) is 6.02. The van der Waals surface area contributed by atoms with E-state index in [0.717, 1.165) is 31.9 Å². The first-order chi connectivity index (χ1) is 8.13. The number of aromatic nitrogens is 3. The third-order valence-electron chi connectivity index (χ3n) is 2.59. The normalized spacial score (nSPS) is 13.2. The summed E-state index contributed by atoms with van der Waals surface area (Å²) < 4.78 is 1.99. The molecular weight excluding hydrogens is 280 g/mol. The summed E-state index contributed by atoms with van der Waals surface area (Å²) in [5.74, 6) is 1.63. The molecule has 1 aromatic heterocycles. The lowest BCUT2D eigenvalue weighted by molar-refractivity contribution is 0.457. The molecule has 1 heterocycles. The second-order valence-electron chi connectivity index (χ2n) is 4.72. The first kappa shape index (κ1) is 14.6. The van der Waals surface area contributed by atoms with E-state index in [9.17, 15) is 0 Å². The number of nitrogens with one attached hydrogen (secondary N) is 1. The summed E-state index contributed by atoms with van der Waals surface area (Å²) in [6.45, 7) is 9.32. The van der Waals surface area contributed by atoms with Crippen molar-refractivity contribution in [3.63, 3.8) is 0 Å². The van der Waals surface area contributed by atoms with Gasteiger partial charge in [-0.25, -0.2) is 9.67 Å². The zero-order valence-electron chi connectivity index (χ0n) is 11.0. The van der Waals surface area contributed by atoms with Gasteiger partial charge in [-0.05, 0) is 25.3 Å². The summed E-state index contributed by atoms with van der Waals surface area (Å²) >= 11 is 3.63. The van der Waals surface area contributed by atoms with Gasteiger partial charge in [0.15, 0.2) is 0 Å². The van der Waals surface area contributed by atoms with E-state index in [1.54, 1.807) is 6.33 Å². The molecule has 5 heteroatoms. The fourth-order valence-electron chi connectivity index (χ4n) is 1.59. The molecule has 4 nitrogen and oxygen atoms in total. The summed E-state index contributed by atoms with van der Waals surface area (Å²) in [6, 6.07) is 0. The molecule has 0 bridgehead atoms. The van der Waals surface area contributed by atoms with Crippen LogP contribution in [0.5, 0.6) is 0 Å². The van der Waals surface area contributed by atoms with Crippen molar-refractivity contribution >= 4 is 15.9 Å². The van der Waals surface area contributed by atoms with E-state index >= 15 is 0 Å². The summed E-state index contributed by atoms with van der Waals surface area (Å²) in [5.41, 5.74) is 0. The standard InChI is InChI=1S/C12H23BrN4/c1-4-11(13)5-6-14-7-12-15-9-16-17(12)8-10(2)3/h9-11,14H,4-8H2,1-3H3.